The average molecular weight is 296 g/mol. The molecule has 0 unspecified atom stereocenters. The Labute approximate surface area is 91.6 Å². The smallest absolute Gasteiger partial charge is 0.0396 e. The monoisotopic (exact) mass is 295 g/mol. The molecule has 12 heavy (non-hydrogen) atoms. The highest BCUT2D eigenvalue weighted by molar-refractivity contribution is 14.1. The Morgan fingerprint density at radius 2 is 2.25 bits per heavy atom. The molecule has 3 heteroatoms. The van der Waals surface area contributed by atoms with Crippen molar-refractivity contribution in [2.45, 2.75) is 6.92 Å². The molecule has 0 amide bonds. The van der Waals surface area contributed by atoms with Gasteiger partial charge in [-0.2, -0.15) is 0 Å². The van der Waals surface area contributed by atoms with Crippen molar-refractivity contribution in [3.8, 4) is 0 Å². The van der Waals surface area contributed by atoms with Gasteiger partial charge in [-0.1, -0.05) is 6.07 Å². The van der Waals surface area contributed by atoms with Gasteiger partial charge in [0.2, 0.25) is 0 Å². The number of rotatable bonds is 3. The van der Waals surface area contributed by atoms with Crippen LogP contribution in [0.1, 0.15) is 5.56 Å². The number of halogens is 2. The second-order valence-corrected chi connectivity index (χ2v) is 4.12. The highest BCUT2D eigenvalue weighted by Crippen LogP contribution is 2.16. The van der Waals surface area contributed by atoms with Crippen molar-refractivity contribution in [2.75, 3.05) is 17.7 Å². The van der Waals surface area contributed by atoms with Gasteiger partial charge in [-0.3, -0.25) is 0 Å². The van der Waals surface area contributed by atoms with Crippen LogP contribution in [0.15, 0.2) is 18.2 Å². The van der Waals surface area contributed by atoms with E-state index in [1.165, 1.54) is 9.13 Å². The summed E-state index contributed by atoms with van der Waals surface area (Å²) in [6.07, 6.45) is 0. The first-order valence-corrected chi connectivity index (χ1v) is 5.41. The van der Waals surface area contributed by atoms with Crippen LogP contribution in [0.5, 0.6) is 0 Å². The predicted molar refractivity (Wildman–Crippen MR) is 63.1 cm³/mol. The largest absolute Gasteiger partial charge is 0.384 e. The summed E-state index contributed by atoms with van der Waals surface area (Å²) in [4.78, 5) is 0. The van der Waals surface area contributed by atoms with E-state index in [1.54, 1.807) is 0 Å². The molecule has 0 aliphatic carbocycles. The van der Waals surface area contributed by atoms with Gasteiger partial charge in [0.05, 0.1) is 0 Å². The van der Waals surface area contributed by atoms with Crippen molar-refractivity contribution < 1.29 is 0 Å². The first kappa shape index (κ1) is 10.1. The van der Waals surface area contributed by atoms with E-state index in [2.05, 4.69) is 53.0 Å². The van der Waals surface area contributed by atoms with Crippen molar-refractivity contribution in [1.29, 1.82) is 0 Å². The maximum Gasteiger partial charge on any atom is 0.0396 e. The number of nitrogens with one attached hydrogen (secondary N) is 1. The maximum atomic E-state index is 5.56. The van der Waals surface area contributed by atoms with Crippen LogP contribution in [-0.4, -0.2) is 12.4 Å². The van der Waals surface area contributed by atoms with E-state index in [4.69, 9.17) is 11.6 Å². The van der Waals surface area contributed by atoms with E-state index in [-0.39, 0.29) is 0 Å². The van der Waals surface area contributed by atoms with Crippen molar-refractivity contribution in [2.24, 2.45) is 0 Å². The molecule has 1 rings (SSSR count). The van der Waals surface area contributed by atoms with Gasteiger partial charge >= 0.3 is 0 Å². The standard InChI is InChI=1S/C9H11ClIN/c1-7-2-3-8(6-9(7)11)12-5-4-10/h2-3,6,12H,4-5H2,1H3. The molecule has 0 aliphatic rings. The zero-order valence-corrected chi connectivity index (χ0v) is 9.82. The minimum Gasteiger partial charge on any atom is -0.384 e. The number of hydrogen-bond donors (Lipinski definition) is 1. The lowest BCUT2D eigenvalue weighted by Gasteiger charge is -2.05. The van der Waals surface area contributed by atoms with Crippen LogP contribution in [0.3, 0.4) is 0 Å². The van der Waals surface area contributed by atoms with Gasteiger partial charge in [0.25, 0.3) is 0 Å². The lowest BCUT2D eigenvalue weighted by Crippen LogP contribution is -2.02. The van der Waals surface area contributed by atoms with Crippen molar-refractivity contribution in [3.05, 3.63) is 27.3 Å². The van der Waals surface area contributed by atoms with Crippen LogP contribution in [0.4, 0.5) is 5.69 Å². The summed E-state index contributed by atoms with van der Waals surface area (Å²) in [5, 5.41) is 3.23. The highest BCUT2D eigenvalue weighted by Gasteiger charge is 1.95. The third kappa shape index (κ3) is 2.83. The fraction of sp³-hybridized carbons (Fsp3) is 0.333. The Hall–Kier alpha value is 0.0400. The van der Waals surface area contributed by atoms with E-state index in [9.17, 15) is 0 Å². The lowest BCUT2D eigenvalue weighted by atomic mass is 10.2. The molecule has 0 spiro atoms. The number of benzene rings is 1. The Bertz CT molecular complexity index is 263. The molecule has 0 fully saturated rings. The topological polar surface area (TPSA) is 12.0 Å². The summed E-state index contributed by atoms with van der Waals surface area (Å²) >= 11 is 7.89. The molecule has 0 radical (unpaired) electrons. The first-order chi connectivity index (χ1) is 5.74. The Balaban J connectivity index is 2.69. The Kier molecular flexibility index (Phi) is 4.15. The summed E-state index contributed by atoms with van der Waals surface area (Å²) < 4.78 is 1.28. The second kappa shape index (κ2) is 4.92. The normalized spacial score (nSPS) is 9.92. The molecule has 0 bridgehead atoms. The molecule has 66 valence electrons. The lowest BCUT2D eigenvalue weighted by molar-refractivity contribution is 1.22. The molecule has 1 N–H and O–H groups in total. The Morgan fingerprint density at radius 1 is 1.50 bits per heavy atom. The Morgan fingerprint density at radius 3 is 2.83 bits per heavy atom. The van der Waals surface area contributed by atoms with Crippen LogP contribution in [0.2, 0.25) is 0 Å². The zero-order valence-electron chi connectivity index (χ0n) is 6.90. The fourth-order valence-corrected chi connectivity index (χ4v) is 1.50. The number of alkyl halides is 1. The van der Waals surface area contributed by atoms with Gasteiger partial charge in [0, 0.05) is 21.7 Å². The van der Waals surface area contributed by atoms with Gasteiger partial charge < -0.3 is 5.32 Å². The van der Waals surface area contributed by atoms with Crippen molar-refractivity contribution >= 4 is 39.9 Å². The number of hydrogen-bond acceptors (Lipinski definition) is 1. The van der Waals surface area contributed by atoms with Crippen LogP contribution in [-0.2, 0) is 0 Å². The average Bonchev–Trinajstić information content (AvgIpc) is 2.07. The summed E-state index contributed by atoms with van der Waals surface area (Å²) in [5.74, 6) is 0.643. The van der Waals surface area contributed by atoms with Crippen molar-refractivity contribution in [1.82, 2.24) is 0 Å². The van der Waals surface area contributed by atoms with E-state index < -0.39 is 0 Å². The molecule has 0 heterocycles. The quantitative estimate of drug-likeness (QED) is 0.667. The molecule has 0 atom stereocenters. The van der Waals surface area contributed by atoms with Crippen LogP contribution >= 0.6 is 34.2 Å². The van der Waals surface area contributed by atoms with Gasteiger partial charge in [-0.25, -0.2) is 0 Å². The maximum absolute atomic E-state index is 5.56. The number of aryl methyl sites for hydroxylation is 1. The summed E-state index contributed by atoms with van der Waals surface area (Å²) in [6, 6.07) is 6.31. The van der Waals surface area contributed by atoms with E-state index in [0.717, 1.165) is 12.2 Å². The fourth-order valence-electron chi connectivity index (χ4n) is 0.894. The van der Waals surface area contributed by atoms with Gasteiger partial charge in [-0.15, -0.1) is 11.6 Å². The predicted octanol–water partition coefficient (Wildman–Crippen LogP) is 3.25. The van der Waals surface area contributed by atoms with Crippen molar-refractivity contribution in [3.63, 3.8) is 0 Å². The molecule has 0 saturated heterocycles. The number of anilines is 1. The summed E-state index contributed by atoms with van der Waals surface area (Å²) in [7, 11) is 0. The molecular weight excluding hydrogens is 284 g/mol. The second-order valence-electron chi connectivity index (χ2n) is 2.58. The minimum absolute atomic E-state index is 0.643. The van der Waals surface area contributed by atoms with Gasteiger partial charge in [-0.05, 0) is 47.2 Å². The summed E-state index contributed by atoms with van der Waals surface area (Å²) in [6.45, 7) is 2.92. The molecule has 1 aromatic carbocycles. The molecular formula is C9H11ClIN. The zero-order chi connectivity index (χ0) is 8.97. The highest BCUT2D eigenvalue weighted by atomic mass is 127. The third-order valence-corrected chi connectivity index (χ3v) is 2.95. The summed E-state index contributed by atoms with van der Waals surface area (Å²) in [5.41, 5.74) is 2.46. The molecule has 1 nitrogen and oxygen atoms in total. The molecule has 0 aliphatic heterocycles. The van der Waals surface area contributed by atoms with E-state index >= 15 is 0 Å². The SMILES string of the molecule is Cc1ccc(NCCCl)cc1I. The van der Waals surface area contributed by atoms with E-state index in [1.807, 2.05) is 0 Å². The van der Waals surface area contributed by atoms with Gasteiger partial charge in [0.15, 0.2) is 0 Å². The minimum atomic E-state index is 0.643. The third-order valence-electron chi connectivity index (χ3n) is 1.60. The van der Waals surface area contributed by atoms with Gasteiger partial charge in [0.1, 0.15) is 0 Å². The molecule has 0 aromatic heterocycles. The van der Waals surface area contributed by atoms with Crippen LogP contribution < -0.4 is 5.32 Å². The van der Waals surface area contributed by atoms with E-state index in [0.29, 0.717) is 5.88 Å². The van der Waals surface area contributed by atoms with Crippen LogP contribution in [0.25, 0.3) is 0 Å². The first-order valence-electron chi connectivity index (χ1n) is 3.80. The van der Waals surface area contributed by atoms with Crippen LogP contribution in [0, 0.1) is 10.5 Å². The molecule has 0 saturated carbocycles. The molecule has 1 aromatic rings.